The highest BCUT2D eigenvalue weighted by Gasteiger charge is 2.21. The lowest BCUT2D eigenvalue weighted by Crippen LogP contribution is -2.38. The van der Waals surface area contributed by atoms with Gasteiger partial charge in [-0.05, 0) is 48.5 Å². The molecule has 3 aromatic carbocycles. The maximum absolute atomic E-state index is 14.1. The maximum Gasteiger partial charge on any atom is 0.274 e. The number of fused-ring (bicyclic) bond motifs is 5. The third-order valence-corrected chi connectivity index (χ3v) is 9.86. The standard InChI is InChI=1S/C44H50N10O2/c1-51-27-31(23-29-13-9-11-15-39(29)51)47-43(55)37-25-35(45-19-21-53(3,4)5)33-17-18-34-36(46-20-22-54(6,7)8)26-38(50-42(34)41(33)49-37)44(56)48-32-24-30-14-10-12-16-40(30)52(2)28-32/h9-18,23-28H,19-22H2,1-8H3,(H2-2,45,46,47,48,49,50,55,56)/q+2/p+2. The third kappa shape index (κ3) is 8.51. The number of aromatic nitrogens is 4. The van der Waals surface area contributed by atoms with Crippen LogP contribution in [0.3, 0.4) is 0 Å². The fourth-order valence-electron chi connectivity index (χ4n) is 6.91. The Labute approximate surface area is 327 Å². The number of para-hydroxylation sites is 2. The molecule has 0 bridgehead atoms. The summed E-state index contributed by atoms with van der Waals surface area (Å²) in [5, 5.41) is 17.0. The Bertz CT molecular complexity index is 2460. The van der Waals surface area contributed by atoms with Crippen LogP contribution in [-0.4, -0.2) is 99.2 Å². The quantitative estimate of drug-likeness (QED) is 0.0748. The first-order valence-electron chi connectivity index (χ1n) is 18.9. The summed E-state index contributed by atoms with van der Waals surface area (Å²) in [4.78, 5) is 38.2. The first kappa shape index (κ1) is 38.1. The van der Waals surface area contributed by atoms with Gasteiger partial charge >= 0.3 is 0 Å². The van der Waals surface area contributed by atoms with Crippen LogP contribution >= 0.6 is 0 Å². The molecule has 56 heavy (non-hydrogen) atoms. The van der Waals surface area contributed by atoms with E-state index in [-0.39, 0.29) is 23.2 Å². The van der Waals surface area contributed by atoms with Crippen LogP contribution in [0.2, 0.25) is 0 Å². The molecule has 0 unspecified atom stereocenters. The summed E-state index contributed by atoms with van der Waals surface area (Å²) in [5.74, 6) is -0.707. The number of aryl methyl sites for hydroxylation is 2. The molecule has 0 saturated heterocycles. The Balaban J connectivity index is 1.35. The lowest BCUT2D eigenvalue weighted by molar-refractivity contribution is -0.868. The van der Waals surface area contributed by atoms with Gasteiger partial charge in [-0.3, -0.25) is 9.59 Å². The van der Waals surface area contributed by atoms with Crippen molar-refractivity contribution in [2.75, 3.05) is 89.7 Å². The topological polar surface area (TPSA) is 116 Å². The van der Waals surface area contributed by atoms with Crippen LogP contribution < -0.4 is 30.4 Å². The number of carbonyl (C=O) groups excluding carboxylic acids is 2. The average Bonchev–Trinajstić information content (AvgIpc) is 3.13. The smallest absolute Gasteiger partial charge is 0.274 e. The number of likely N-dealkylation sites (N-methyl/N-ethyl adjacent to an activating group) is 2. The predicted molar refractivity (Wildman–Crippen MR) is 226 cm³/mol. The highest BCUT2D eigenvalue weighted by atomic mass is 16.2. The van der Waals surface area contributed by atoms with E-state index in [4.69, 9.17) is 9.97 Å². The minimum atomic E-state index is -0.354. The minimum Gasteiger partial charge on any atom is -0.379 e. The second-order valence-corrected chi connectivity index (χ2v) is 16.6. The molecule has 12 nitrogen and oxygen atoms in total. The van der Waals surface area contributed by atoms with Crippen molar-refractivity contribution in [3.05, 3.63) is 109 Å². The molecule has 2 amide bonds. The molecule has 0 radical (unpaired) electrons. The molecule has 0 saturated carbocycles. The van der Waals surface area contributed by atoms with Gasteiger partial charge in [-0.25, -0.2) is 9.97 Å². The molecule has 0 aliphatic heterocycles. The molecule has 0 fully saturated rings. The van der Waals surface area contributed by atoms with Crippen LogP contribution in [0.15, 0.2) is 97.3 Å². The molecule has 4 aromatic heterocycles. The molecular weight excluding hydrogens is 701 g/mol. The molecule has 286 valence electrons. The maximum atomic E-state index is 14.1. The summed E-state index contributed by atoms with van der Waals surface area (Å²) in [6.07, 6.45) is 3.79. The van der Waals surface area contributed by atoms with E-state index in [9.17, 15) is 9.59 Å². The molecule has 7 rings (SSSR count). The first-order valence-corrected chi connectivity index (χ1v) is 18.9. The van der Waals surface area contributed by atoms with Crippen LogP contribution in [0, 0.1) is 0 Å². The number of anilines is 4. The van der Waals surface area contributed by atoms with Crippen LogP contribution in [-0.2, 0) is 14.1 Å². The second-order valence-electron chi connectivity index (χ2n) is 16.6. The van der Waals surface area contributed by atoms with E-state index in [1.165, 1.54) is 0 Å². The molecule has 4 heterocycles. The summed E-state index contributed by atoms with van der Waals surface area (Å²) in [5.41, 5.74) is 6.44. The van der Waals surface area contributed by atoms with Gasteiger partial charge in [0.2, 0.25) is 11.0 Å². The Kier molecular flexibility index (Phi) is 10.3. The van der Waals surface area contributed by atoms with Gasteiger partial charge in [-0.1, -0.05) is 24.3 Å². The van der Waals surface area contributed by atoms with Gasteiger partial charge in [0.05, 0.1) is 79.5 Å². The first-order chi connectivity index (χ1) is 26.6. The number of rotatable bonds is 12. The van der Waals surface area contributed by atoms with Crippen molar-refractivity contribution in [1.82, 2.24) is 9.97 Å². The summed E-state index contributed by atoms with van der Waals surface area (Å²) >= 11 is 0. The van der Waals surface area contributed by atoms with Gasteiger partial charge in [-0.15, -0.1) is 0 Å². The summed E-state index contributed by atoms with van der Waals surface area (Å²) in [6.45, 7) is 3.03. The van der Waals surface area contributed by atoms with Gasteiger partial charge in [0.15, 0.2) is 12.4 Å². The van der Waals surface area contributed by atoms with E-state index >= 15 is 0 Å². The van der Waals surface area contributed by atoms with Crippen LogP contribution in [0.25, 0.3) is 43.6 Å². The van der Waals surface area contributed by atoms with Crippen molar-refractivity contribution in [3.8, 4) is 0 Å². The lowest BCUT2D eigenvalue weighted by atomic mass is 10.1. The van der Waals surface area contributed by atoms with E-state index in [2.05, 4.69) is 63.6 Å². The summed E-state index contributed by atoms with van der Waals surface area (Å²) in [7, 11) is 16.8. The van der Waals surface area contributed by atoms with Crippen molar-refractivity contribution in [1.29, 1.82) is 0 Å². The number of carbonyl (C=O) groups is 2. The number of benzene rings is 3. The fraction of sp³-hybridized carbons (Fsp3) is 0.273. The number of quaternary nitrogens is 2. The number of pyridine rings is 4. The Morgan fingerprint density at radius 3 is 1.36 bits per heavy atom. The van der Waals surface area contributed by atoms with E-state index in [1.807, 2.05) is 108 Å². The van der Waals surface area contributed by atoms with E-state index in [0.717, 1.165) is 66.0 Å². The molecule has 0 atom stereocenters. The lowest BCUT2D eigenvalue weighted by Gasteiger charge is -2.25. The average molecular weight is 753 g/mol. The Hall–Kier alpha value is -6.24. The number of hydrogen-bond donors (Lipinski definition) is 4. The molecule has 0 aliphatic carbocycles. The summed E-state index contributed by atoms with van der Waals surface area (Å²) < 4.78 is 5.52. The molecule has 4 N–H and O–H groups in total. The monoisotopic (exact) mass is 752 g/mol. The molecular formula is C44H52N10O2+4. The van der Waals surface area contributed by atoms with Crippen molar-refractivity contribution in [2.24, 2.45) is 14.1 Å². The van der Waals surface area contributed by atoms with E-state index < -0.39 is 0 Å². The second kappa shape index (κ2) is 15.1. The molecule has 0 aliphatic rings. The van der Waals surface area contributed by atoms with Crippen LogP contribution in [0.4, 0.5) is 22.7 Å². The summed E-state index contributed by atoms with van der Waals surface area (Å²) in [6, 6.07) is 27.6. The minimum absolute atomic E-state index is 0.230. The fourth-order valence-corrected chi connectivity index (χ4v) is 6.91. The van der Waals surface area contributed by atoms with Gasteiger partial charge < -0.3 is 30.2 Å². The van der Waals surface area contributed by atoms with Gasteiger partial charge in [0, 0.05) is 45.1 Å². The molecule has 7 aromatic rings. The van der Waals surface area contributed by atoms with Gasteiger partial charge in [-0.2, -0.15) is 9.13 Å². The molecule has 12 heteroatoms. The third-order valence-electron chi connectivity index (χ3n) is 9.86. The van der Waals surface area contributed by atoms with Crippen molar-refractivity contribution in [3.63, 3.8) is 0 Å². The number of amides is 2. The largest absolute Gasteiger partial charge is 0.379 e. The highest BCUT2D eigenvalue weighted by molar-refractivity contribution is 6.15. The number of nitrogens with one attached hydrogen (secondary N) is 4. The number of nitrogens with zero attached hydrogens (tertiary/aromatic N) is 6. The van der Waals surface area contributed by atoms with Crippen molar-refractivity contribution < 1.29 is 27.7 Å². The van der Waals surface area contributed by atoms with Gasteiger partial charge in [0.25, 0.3) is 11.8 Å². The molecule has 0 spiro atoms. The van der Waals surface area contributed by atoms with Gasteiger partial charge in [0.1, 0.15) is 36.9 Å². The van der Waals surface area contributed by atoms with Crippen molar-refractivity contribution >= 4 is 78.2 Å². The van der Waals surface area contributed by atoms with Crippen LogP contribution in [0.1, 0.15) is 21.0 Å². The zero-order chi connectivity index (χ0) is 39.8. The van der Waals surface area contributed by atoms with Crippen LogP contribution in [0.5, 0.6) is 0 Å². The zero-order valence-electron chi connectivity index (χ0n) is 33.6. The normalized spacial score (nSPS) is 12.0. The SMILES string of the molecule is C[n+]1cc(NC(=O)c2cc(NCC[N+](C)(C)C)c3ccc4c(NCC[N+](C)(C)C)cc(C(=O)Nc5cc6ccccc6[n+](C)c5)nc4c3n2)cc2ccccc21. The zero-order valence-corrected chi connectivity index (χ0v) is 33.6. The Morgan fingerprint density at radius 1 is 0.571 bits per heavy atom. The van der Waals surface area contributed by atoms with E-state index in [0.29, 0.717) is 35.5 Å². The Morgan fingerprint density at radius 2 is 0.964 bits per heavy atom. The highest BCUT2D eigenvalue weighted by Crippen LogP contribution is 2.33. The van der Waals surface area contributed by atoms with Crippen molar-refractivity contribution in [2.45, 2.75) is 0 Å². The number of hydrogen-bond acceptors (Lipinski definition) is 6. The predicted octanol–water partition coefficient (Wildman–Crippen LogP) is 5.48. The van der Waals surface area contributed by atoms with E-state index in [1.54, 1.807) is 12.1 Å².